The molecule has 1 N–H and O–H groups in total. The number of esters is 1. The Morgan fingerprint density at radius 3 is 2.71 bits per heavy atom. The third kappa shape index (κ3) is 10.9. The van der Waals surface area contributed by atoms with Gasteiger partial charge in [0.2, 0.25) is 0 Å². The monoisotopic (exact) mass is 238 g/mol. The molecule has 0 heterocycles. The van der Waals surface area contributed by atoms with Gasteiger partial charge in [-0.05, 0) is 12.8 Å². The van der Waals surface area contributed by atoms with E-state index in [1.807, 2.05) is 12.2 Å². The molecule has 0 spiro atoms. The highest BCUT2D eigenvalue weighted by atomic mass is 16.5. The van der Waals surface area contributed by atoms with Gasteiger partial charge in [0, 0.05) is 0 Å². The standard InChI is InChI=1S/C14H22O3/c1-3-4-5-6-7-8-9-10-11-13(15)12-14(16)17-2/h5-6,8-11,13,15H,3-4,7,12H2,1-2H3. The van der Waals surface area contributed by atoms with Gasteiger partial charge in [-0.25, -0.2) is 0 Å². The Morgan fingerprint density at radius 2 is 2.06 bits per heavy atom. The third-order valence-electron chi connectivity index (χ3n) is 2.08. The van der Waals surface area contributed by atoms with Crippen molar-refractivity contribution >= 4 is 5.97 Å². The van der Waals surface area contributed by atoms with Gasteiger partial charge in [0.1, 0.15) is 0 Å². The van der Waals surface area contributed by atoms with Crippen molar-refractivity contribution in [1.29, 1.82) is 0 Å². The van der Waals surface area contributed by atoms with E-state index in [9.17, 15) is 9.90 Å². The van der Waals surface area contributed by atoms with Gasteiger partial charge in [-0.1, -0.05) is 49.8 Å². The van der Waals surface area contributed by atoms with Crippen LogP contribution in [-0.4, -0.2) is 24.3 Å². The third-order valence-corrected chi connectivity index (χ3v) is 2.08. The summed E-state index contributed by atoms with van der Waals surface area (Å²) < 4.78 is 4.44. The molecule has 0 fully saturated rings. The summed E-state index contributed by atoms with van der Waals surface area (Å²) in [4.78, 5) is 10.8. The van der Waals surface area contributed by atoms with E-state index in [4.69, 9.17) is 0 Å². The van der Waals surface area contributed by atoms with Crippen LogP contribution in [-0.2, 0) is 9.53 Å². The van der Waals surface area contributed by atoms with E-state index in [2.05, 4.69) is 23.8 Å². The highest BCUT2D eigenvalue weighted by molar-refractivity contribution is 5.70. The number of hydrogen-bond donors (Lipinski definition) is 1. The summed E-state index contributed by atoms with van der Waals surface area (Å²) in [7, 11) is 1.31. The molecule has 0 aliphatic carbocycles. The van der Waals surface area contributed by atoms with Crippen molar-refractivity contribution in [3.8, 4) is 0 Å². The Bertz CT molecular complexity index is 277. The smallest absolute Gasteiger partial charge is 0.308 e. The molecule has 3 nitrogen and oxygen atoms in total. The second-order valence-electron chi connectivity index (χ2n) is 3.66. The van der Waals surface area contributed by atoms with Crippen molar-refractivity contribution in [2.75, 3.05) is 7.11 Å². The molecule has 0 aromatic heterocycles. The fourth-order valence-electron chi connectivity index (χ4n) is 1.13. The quantitative estimate of drug-likeness (QED) is 0.402. The van der Waals surface area contributed by atoms with Gasteiger partial charge in [0.05, 0.1) is 19.6 Å². The van der Waals surface area contributed by atoms with Crippen LogP contribution in [0.1, 0.15) is 32.6 Å². The van der Waals surface area contributed by atoms with Gasteiger partial charge in [-0.2, -0.15) is 0 Å². The Balaban J connectivity index is 3.71. The molecule has 0 amide bonds. The molecule has 0 rings (SSSR count). The first kappa shape index (κ1) is 15.7. The van der Waals surface area contributed by atoms with Crippen molar-refractivity contribution < 1.29 is 14.6 Å². The molecule has 0 aromatic rings. The zero-order valence-electron chi connectivity index (χ0n) is 10.6. The number of rotatable bonds is 8. The Labute approximate surface area is 103 Å². The minimum absolute atomic E-state index is 0.00274. The van der Waals surface area contributed by atoms with E-state index in [0.717, 1.165) is 12.8 Å². The van der Waals surface area contributed by atoms with Crippen LogP contribution in [0.2, 0.25) is 0 Å². The van der Waals surface area contributed by atoms with E-state index in [1.165, 1.54) is 13.5 Å². The molecule has 0 bridgehead atoms. The van der Waals surface area contributed by atoms with Crippen LogP contribution < -0.4 is 0 Å². The van der Waals surface area contributed by atoms with E-state index in [0.29, 0.717) is 0 Å². The molecular formula is C14H22O3. The number of methoxy groups -OCH3 is 1. The largest absolute Gasteiger partial charge is 0.469 e. The summed E-state index contributed by atoms with van der Waals surface area (Å²) in [5, 5.41) is 9.39. The van der Waals surface area contributed by atoms with Crippen LogP contribution in [0.3, 0.4) is 0 Å². The normalized spacial score (nSPS) is 13.8. The van der Waals surface area contributed by atoms with Crippen LogP contribution in [0.25, 0.3) is 0 Å². The summed E-state index contributed by atoms with van der Waals surface area (Å²) in [6, 6.07) is 0. The van der Waals surface area contributed by atoms with Crippen molar-refractivity contribution in [2.24, 2.45) is 0 Å². The predicted octanol–water partition coefficient (Wildman–Crippen LogP) is 2.77. The van der Waals surface area contributed by atoms with E-state index < -0.39 is 12.1 Å². The van der Waals surface area contributed by atoms with Gasteiger partial charge in [-0.3, -0.25) is 4.79 Å². The molecule has 96 valence electrons. The Morgan fingerprint density at radius 1 is 1.29 bits per heavy atom. The van der Waals surface area contributed by atoms with Gasteiger partial charge >= 0.3 is 5.97 Å². The molecule has 0 aliphatic rings. The van der Waals surface area contributed by atoms with Crippen LogP contribution >= 0.6 is 0 Å². The van der Waals surface area contributed by atoms with Gasteiger partial charge in [0.25, 0.3) is 0 Å². The van der Waals surface area contributed by atoms with Crippen molar-refractivity contribution in [2.45, 2.75) is 38.7 Å². The second kappa shape index (κ2) is 11.1. The first-order valence-corrected chi connectivity index (χ1v) is 5.94. The lowest BCUT2D eigenvalue weighted by atomic mass is 10.2. The van der Waals surface area contributed by atoms with Crippen molar-refractivity contribution in [3.05, 3.63) is 36.5 Å². The number of aliphatic hydroxyl groups excluding tert-OH is 1. The lowest BCUT2D eigenvalue weighted by molar-refractivity contribution is -0.142. The Kier molecular flexibility index (Phi) is 10.3. The summed E-state index contributed by atoms with van der Waals surface area (Å²) in [5.41, 5.74) is 0. The molecule has 0 saturated heterocycles. The van der Waals surface area contributed by atoms with E-state index in [1.54, 1.807) is 12.2 Å². The highest BCUT2D eigenvalue weighted by Gasteiger charge is 2.06. The number of aliphatic hydroxyl groups is 1. The van der Waals surface area contributed by atoms with Gasteiger partial charge in [-0.15, -0.1) is 0 Å². The highest BCUT2D eigenvalue weighted by Crippen LogP contribution is 1.97. The number of allylic oxidation sites excluding steroid dienone is 5. The first-order valence-electron chi connectivity index (χ1n) is 5.94. The van der Waals surface area contributed by atoms with Crippen LogP contribution in [0, 0.1) is 0 Å². The number of ether oxygens (including phenoxy) is 1. The maximum Gasteiger partial charge on any atom is 0.308 e. The fourth-order valence-corrected chi connectivity index (χ4v) is 1.13. The summed E-state index contributed by atoms with van der Waals surface area (Å²) in [6.45, 7) is 2.14. The van der Waals surface area contributed by atoms with Crippen molar-refractivity contribution in [3.63, 3.8) is 0 Å². The zero-order valence-corrected chi connectivity index (χ0v) is 10.6. The molecule has 3 heteroatoms. The summed E-state index contributed by atoms with van der Waals surface area (Å²) in [5.74, 6) is -0.409. The van der Waals surface area contributed by atoms with Crippen LogP contribution in [0.4, 0.5) is 0 Å². The fraction of sp³-hybridized carbons (Fsp3) is 0.500. The predicted molar refractivity (Wildman–Crippen MR) is 69.6 cm³/mol. The van der Waals surface area contributed by atoms with Gasteiger partial charge < -0.3 is 9.84 Å². The summed E-state index contributed by atoms with van der Waals surface area (Å²) in [6.07, 6.45) is 13.8. The Hall–Kier alpha value is -1.35. The van der Waals surface area contributed by atoms with E-state index >= 15 is 0 Å². The number of hydrogen-bond acceptors (Lipinski definition) is 3. The molecule has 0 saturated carbocycles. The number of carbonyl (C=O) groups is 1. The first-order chi connectivity index (χ1) is 8.20. The number of unbranched alkanes of at least 4 members (excludes halogenated alkanes) is 1. The molecular weight excluding hydrogens is 216 g/mol. The average Bonchev–Trinajstić information content (AvgIpc) is 2.32. The molecule has 1 unspecified atom stereocenters. The van der Waals surface area contributed by atoms with Crippen molar-refractivity contribution in [1.82, 2.24) is 0 Å². The SMILES string of the molecule is CCCC=CCC=CC=CC(O)CC(=O)OC. The lowest BCUT2D eigenvalue weighted by Crippen LogP contribution is -2.11. The molecule has 17 heavy (non-hydrogen) atoms. The number of carbonyl (C=O) groups excluding carboxylic acids is 1. The summed E-state index contributed by atoms with van der Waals surface area (Å²) >= 11 is 0. The molecule has 0 radical (unpaired) electrons. The minimum atomic E-state index is -0.775. The second-order valence-corrected chi connectivity index (χ2v) is 3.66. The van der Waals surface area contributed by atoms with E-state index in [-0.39, 0.29) is 6.42 Å². The lowest BCUT2D eigenvalue weighted by Gasteiger charge is -2.01. The minimum Gasteiger partial charge on any atom is -0.469 e. The average molecular weight is 238 g/mol. The molecule has 0 aromatic carbocycles. The van der Waals surface area contributed by atoms with Crippen LogP contribution in [0.15, 0.2) is 36.5 Å². The maximum absolute atomic E-state index is 10.8. The molecule has 0 aliphatic heterocycles. The van der Waals surface area contributed by atoms with Crippen LogP contribution in [0.5, 0.6) is 0 Å². The zero-order chi connectivity index (χ0) is 12.9. The topological polar surface area (TPSA) is 46.5 Å². The maximum atomic E-state index is 10.8. The van der Waals surface area contributed by atoms with Gasteiger partial charge in [0.15, 0.2) is 0 Å². The molecule has 1 atom stereocenters.